The molecular formula is C13H12ClFN4OS. The maximum Gasteiger partial charge on any atom is 0.234 e. The first-order valence-electron chi connectivity index (χ1n) is 5.93. The first-order chi connectivity index (χ1) is 9.94. The van der Waals surface area contributed by atoms with Gasteiger partial charge in [-0.1, -0.05) is 23.4 Å². The molecule has 0 radical (unpaired) electrons. The maximum absolute atomic E-state index is 13.0. The second-order valence-corrected chi connectivity index (χ2v) is 5.53. The van der Waals surface area contributed by atoms with E-state index in [9.17, 15) is 9.18 Å². The van der Waals surface area contributed by atoms with Gasteiger partial charge >= 0.3 is 0 Å². The van der Waals surface area contributed by atoms with Gasteiger partial charge in [0.15, 0.2) is 5.16 Å². The standard InChI is InChI=1S/C13H12ClFN4OS/c1-7-4-11(16)19-13(17-7)21-6-12(20)18-8-2-3-10(15)9(14)5-8/h2-5H,6H2,1H3,(H,18,20)(H2,16,17,19). The van der Waals surface area contributed by atoms with Gasteiger partial charge in [0.1, 0.15) is 11.6 Å². The second-order valence-electron chi connectivity index (χ2n) is 4.18. The van der Waals surface area contributed by atoms with Crippen molar-refractivity contribution in [3.63, 3.8) is 0 Å². The Morgan fingerprint density at radius 3 is 2.86 bits per heavy atom. The van der Waals surface area contributed by atoms with Crippen molar-refractivity contribution in [3.8, 4) is 0 Å². The van der Waals surface area contributed by atoms with Crippen LogP contribution in [-0.4, -0.2) is 21.6 Å². The molecule has 5 nitrogen and oxygen atoms in total. The van der Waals surface area contributed by atoms with Crippen LogP contribution in [0, 0.1) is 12.7 Å². The van der Waals surface area contributed by atoms with Crippen molar-refractivity contribution < 1.29 is 9.18 Å². The van der Waals surface area contributed by atoms with E-state index in [2.05, 4.69) is 15.3 Å². The summed E-state index contributed by atoms with van der Waals surface area (Å²) in [5.74, 6) is -0.340. The Balaban J connectivity index is 1.94. The number of benzene rings is 1. The Morgan fingerprint density at radius 1 is 1.43 bits per heavy atom. The number of aryl methyl sites for hydroxylation is 1. The lowest BCUT2D eigenvalue weighted by atomic mass is 10.3. The molecule has 1 aromatic carbocycles. The number of nitrogens with two attached hydrogens (primary N) is 1. The van der Waals surface area contributed by atoms with Crippen LogP contribution in [0.25, 0.3) is 0 Å². The first-order valence-corrected chi connectivity index (χ1v) is 7.29. The minimum atomic E-state index is -0.535. The third-order valence-electron chi connectivity index (χ3n) is 2.39. The zero-order valence-corrected chi connectivity index (χ0v) is 12.6. The van der Waals surface area contributed by atoms with E-state index in [0.29, 0.717) is 16.7 Å². The number of carbonyl (C=O) groups is 1. The van der Waals surface area contributed by atoms with Crippen LogP contribution in [0.4, 0.5) is 15.9 Å². The van der Waals surface area contributed by atoms with Gasteiger partial charge in [-0.15, -0.1) is 0 Å². The van der Waals surface area contributed by atoms with Gasteiger partial charge in [-0.25, -0.2) is 14.4 Å². The van der Waals surface area contributed by atoms with E-state index >= 15 is 0 Å². The molecule has 1 aromatic heterocycles. The Morgan fingerprint density at radius 2 is 2.19 bits per heavy atom. The highest BCUT2D eigenvalue weighted by Crippen LogP contribution is 2.20. The predicted octanol–water partition coefficient (Wildman–Crippen LogP) is 2.89. The SMILES string of the molecule is Cc1cc(N)nc(SCC(=O)Nc2ccc(F)c(Cl)c2)n1. The number of thioether (sulfide) groups is 1. The van der Waals surface area contributed by atoms with Gasteiger partial charge in [-0.2, -0.15) is 0 Å². The number of nitrogen functional groups attached to an aromatic ring is 1. The molecule has 2 aromatic rings. The molecule has 3 N–H and O–H groups in total. The molecule has 1 amide bonds. The molecule has 0 saturated carbocycles. The summed E-state index contributed by atoms with van der Waals surface area (Å²) >= 11 is 6.80. The number of carbonyl (C=O) groups excluding carboxylic acids is 1. The number of hydrogen-bond acceptors (Lipinski definition) is 5. The highest BCUT2D eigenvalue weighted by molar-refractivity contribution is 7.99. The lowest BCUT2D eigenvalue weighted by Crippen LogP contribution is -2.14. The monoisotopic (exact) mass is 326 g/mol. The van der Waals surface area contributed by atoms with Crippen LogP contribution < -0.4 is 11.1 Å². The summed E-state index contributed by atoms with van der Waals surface area (Å²) in [7, 11) is 0. The van der Waals surface area contributed by atoms with E-state index in [4.69, 9.17) is 17.3 Å². The number of aromatic nitrogens is 2. The number of rotatable bonds is 4. The highest BCUT2D eigenvalue weighted by atomic mass is 35.5. The highest BCUT2D eigenvalue weighted by Gasteiger charge is 2.08. The Hall–Kier alpha value is -1.86. The first kappa shape index (κ1) is 15.5. The van der Waals surface area contributed by atoms with E-state index < -0.39 is 5.82 Å². The molecule has 0 fully saturated rings. The maximum atomic E-state index is 13.0. The van der Waals surface area contributed by atoms with Crippen molar-refractivity contribution in [1.82, 2.24) is 9.97 Å². The smallest absolute Gasteiger partial charge is 0.234 e. The number of hydrogen-bond donors (Lipinski definition) is 2. The van der Waals surface area contributed by atoms with Gasteiger partial charge < -0.3 is 11.1 Å². The molecule has 110 valence electrons. The molecular weight excluding hydrogens is 315 g/mol. The average Bonchev–Trinajstić information content (AvgIpc) is 2.40. The van der Waals surface area contributed by atoms with Crippen LogP contribution in [0.1, 0.15) is 5.69 Å². The van der Waals surface area contributed by atoms with Crippen molar-refractivity contribution in [2.24, 2.45) is 0 Å². The van der Waals surface area contributed by atoms with E-state index in [1.54, 1.807) is 13.0 Å². The average molecular weight is 327 g/mol. The number of nitrogens with one attached hydrogen (secondary N) is 1. The molecule has 0 aliphatic rings. The van der Waals surface area contributed by atoms with Crippen molar-refractivity contribution >= 4 is 40.8 Å². The third kappa shape index (κ3) is 4.57. The lowest BCUT2D eigenvalue weighted by Gasteiger charge is -2.06. The van der Waals surface area contributed by atoms with Crippen LogP contribution in [0.5, 0.6) is 0 Å². The van der Waals surface area contributed by atoms with Crippen LogP contribution in [0.2, 0.25) is 5.02 Å². The summed E-state index contributed by atoms with van der Waals surface area (Å²) in [6, 6.07) is 5.62. The predicted molar refractivity (Wildman–Crippen MR) is 81.9 cm³/mol. The summed E-state index contributed by atoms with van der Waals surface area (Å²) in [6.45, 7) is 1.79. The minimum Gasteiger partial charge on any atom is -0.384 e. The third-order valence-corrected chi connectivity index (χ3v) is 3.53. The number of anilines is 2. The molecule has 0 saturated heterocycles. The zero-order chi connectivity index (χ0) is 15.4. The van der Waals surface area contributed by atoms with E-state index in [-0.39, 0.29) is 16.7 Å². The van der Waals surface area contributed by atoms with Gasteiger partial charge in [-0.3, -0.25) is 4.79 Å². The summed E-state index contributed by atoms with van der Waals surface area (Å²) in [4.78, 5) is 20.0. The van der Waals surface area contributed by atoms with Crippen LogP contribution in [0.3, 0.4) is 0 Å². The van der Waals surface area contributed by atoms with Gasteiger partial charge in [0.05, 0.1) is 10.8 Å². The van der Waals surface area contributed by atoms with E-state index in [1.807, 2.05) is 0 Å². The summed E-state index contributed by atoms with van der Waals surface area (Å²) in [5.41, 5.74) is 6.76. The quantitative estimate of drug-likeness (QED) is 0.667. The lowest BCUT2D eigenvalue weighted by molar-refractivity contribution is -0.113. The van der Waals surface area contributed by atoms with Crippen molar-refractivity contribution in [1.29, 1.82) is 0 Å². The van der Waals surface area contributed by atoms with E-state index in [1.165, 1.54) is 18.2 Å². The fraction of sp³-hybridized carbons (Fsp3) is 0.154. The number of halogens is 2. The Labute approximate surface area is 130 Å². The molecule has 0 unspecified atom stereocenters. The van der Waals surface area contributed by atoms with Gasteiger partial charge in [0.25, 0.3) is 0 Å². The molecule has 1 heterocycles. The Kier molecular flexibility index (Phi) is 4.98. The summed E-state index contributed by atoms with van der Waals surface area (Å²) in [6.07, 6.45) is 0. The molecule has 0 atom stereocenters. The fourth-order valence-electron chi connectivity index (χ4n) is 1.53. The van der Waals surface area contributed by atoms with Crippen molar-refractivity contribution in [2.75, 3.05) is 16.8 Å². The van der Waals surface area contributed by atoms with Gasteiger partial charge in [0, 0.05) is 17.4 Å². The molecule has 0 aliphatic heterocycles. The van der Waals surface area contributed by atoms with Crippen molar-refractivity contribution in [2.45, 2.75) is 12.1 Å². The second kappa shape index (κ2) is 6.73. The summed E-state index contributed by atoms with van der Waals surface area (Å²) in [5, 5.41) is 3.00. The minimum absolute atomic E-state index is 0.0461. The van der Waals surface area contributed by atoms with Crippen LogP contribution in [-0.2, 0) is 4.79 Å². The van der Waals surface area contributed by atoms with Gasteiger partial charge in [-0.05, 0) is 25.1 Å². The summed E-state index contributed by atoms with van der Waals surface area (Å²) < 4.78 is 13.0. The van der Waals surface area contributed by atoms with Crippen LogP contribution in [0.15, 0.2) is 29.4 Å². The molecule has 0 aliphatic carbocycles. The number of nitrogens with zero attached hydrogens (tertiary/aromatic N) is 2. The van der Waals surface area contributed by atoms with Crippen LogP contribution >= 0.6 is 23.4 Å². The molecule has 2 rings (SSSR count). The fourth-order valence-corrected chi connectivity index (χ4v) is 2.42. The molecule has 21 heavy (non-hydrogen) atoms. The molecule has 0 spiro atoms. The van der Waals surface area contributed by atoms with Gasteiger partial charge in [0.2, 0.25) is 5.91 Å². The Bertz CT molecular complexity index is 663. The normalized spacial score (nSPS) is 10.4. The van der Waals surface area contributed by atoms with E-state index in [0.717, 1.165) is 17.5 Å². The zero-order valence-electron chi connectivity index (χ0n) is 11.1. The largest absolute Gasteiger partial charge is 0.384 e. The molecule has 0 bridgehead atoms. The van der Waals surface area contributed by atoms with Crippen molar-refractivity contribution in [3.05, 3.63) is 40.8 Å². The molecule has 8 heteroatoms. The topological polar surface area (TPSA) is 80.9 Å². The number of amides is 1.